The summed E-state index contributed by atoms with van der Waals surface area (Å²) in [5.74, 6) is 1.57. The second kappa shape index (κ2) is 3.39. The van der Waals surface area contributed by atoms with Crippen LogP contribution in [0.15, 0.2) is 11.6 Å². The molecule has 15 heavy (non-hydrogen) atoms. The summed E-state index contributed by atoms with van der Waals surface area (Å²) in [7, 11) is 2.11. The standard InChI is InChI=1S/C10H12ClN3S/c1-13(7-2-3-7)9-8(6-11)14-4-5-15-10(14)12-9/h4-5,7H,2-3,6H2,1H3. The molecule has 0 amide bonds. The number of hydrogen-bond acceptors (Lipinski definition) is 3. The molecule has 2 aromatic heterocycles. The Kier molecular flexibility index (Phi) is 2.14. The van der Waals surface area contributed by atoms with Gasteiger partial charge in [-0.25, -0.2) is 4.98 Å². The Labute approximate surface area is 97.3 Å². The summed E-state index contributed by atoms with van der Waals surface area (Å²) in [6.45, 7) is 0. The zero-order valence-electron chi connectivity index (χ0n) is 8.48. The number of thiazole rings is 1. The Morgan fingerprint density at radius 3 is 3.13 bits per heavy atom. The van der Waals surface area contributed by atoms with Gasteiger partial charge >= 0.3 is 0 Å². The van der Waals surface area contributed by atoms with Crippen molar-refractivity contribution in [2.75, 3.05) is 11.9 Å². The Hall–Kier alpha value is -0.740. The van der Waals surface area contributed by atoms with Crippen LogP contribution < -0.4 is 4.90 Å². The zero-order valence-corrected chi connectivity index (χ0v) is 10.1. The van der Waals surface area contributed by atoms with Crippen molar-refractivity contribution in [3.8, 4) is 0 Å². The molecule has 80 valence electrons. The van der Waals surface area contributed by atoms with Crippen LogP contribution in [0.4, 0.5) is 5.82 Å². The molecule has 1 aliphatic rings. The molecule has 5 heteroatoms. The van der Waals surface area contributed by atoms with Crippen LogP contribution in [0.2, 0.25) is 0 Å². The molecule has 1 aliphatic carbocycles. The Morgan fingerprint density at radius 1 is 1.67 bits per heavy atom. The van der Waals surface area contributed by atoms with Gasteiger partial charge in [0.2, 0.25) is 0 Å². The number of anilines is 1. The molecule has 0 bridgehead atoms. The summed E-state index contributed by atoms with van der Waals surface area (Å²) < 4.78 is 2.09. The average Bonchev–Trinajstić information content (AvgIpc) is 2.88. The lowest BCUT2D eigenvalue weighted by Crippen LogP contribution is -2.21. The Bertz CT molecular complexity index is 486. The highest BCUT2D eigenvalue weighted by Gasteiger charge is 2.29. The SMILES string of the molecule is CN(c1nc2sccn2c1CCl)C1CC1. The highest BCUT2D eigenvalue weighted by Crippen LogP contribution is 2.33. The second-order valence-corrected chi connectivity index (χ2v) is 5.05. The fourth-order valence-electron chi connectivity index (χ4n) is 1.86. The summed E-state index contributed by atoms with van der Waals surface area (Å²) in [6.07, 6.45) is 4.60. The van der Waals surface area contributed by atoms with Crippen LogP contribution in [0, 0.1) is 0 Å². The van der Waals surface area contributed by atoms with E-state index in [1.807, 2.05) is 11.6 Å². The normalized spacial score (nSPS) is 16.1. The number of alkyl halides is 1. The van der Waals surface area contributed by atoms with Crippen LogP contribution in [-0.4, -0.2) is 22.5 Å². The van der Waals surface area contributed by atoms with Gasteiger partial charge in [-0.15, -0.1) is 22.9 Å². The molecule has 1 saturated carbocycles. The van der Waals surface area contributed by atoms with Gasteiger partial charge in [0.15, 0.2) is 10.8 Å². The van der Waals surface area contributed by atoms with Crippen LogP contribution in [0.3, 0.4) is 0 Å². The predicted octanol–water partition coefficient (Wildman–Crippen LogP) is 2.73. The fourth-order valence-corrected chi connectivity index (χ4v) is 2.84. The van der Waals surface area contributed by atoms with Crippen molar-refractivity contribution in [1.82, 2.24) is 9.38 Å². The quantitative estimate of drug-likeness (QED) is 0.771. The molecule has 3 nitrogen and oxygen atoms in total. The largest absolute Gasteiger partial charge is 0.355 e. The molecular formula is C10H12ClN3S. The molecule has 0 saturated heterocycles. The van der Waals surface area contributed by atoms with E-state index in [4.69, 9.17) is 11.6 Å². The van der Waals surface area contributed by atoms with E-state index < -0.39 is 0 Å². The lowest BCUT2D eigenvalue weighted by molar-refractivity contribution is 0.888. The summed E-state index contributed by atoms with van der Waals surface area (Å²) in [4.78, 5) is 7.92. The third-order valence-corrected chi connectivity index (χ3v) is 3.90. The van der Waals surface area contributed by atoms with Crippen molar-refractivity contribution in [3.05, 3.63) is 17.3 Å². The van der Waals surface area contributed by atoms with E-state index in [1.165, 1.54) is 12.8 Å². The van der Waals surface area contributed by atoms with Crippen molar-refractivity contribution in [2.45, 2.75) is 24.8 Å². The molecule has 0 aliphatic heterocycles. The first-order chi connectivity index (χ1) is 7.31. The van der Waals surface area contributed by atoms with Crippen molar-refractivity contribution >= 4 is 33.7 Å². The van der Waals surface area contributed by atoms with Crippen LogP contribution in [0.1, 0.15) is 18.5 Å². The van der Waals surface area contributed by atoms with E-state index in [9.17, 15) is 0 Å². The van der Waals surface area contributed by atoms with Crippen LogP contribution >= 0.6 is 22.9 Å². The van der Waals surface area contributed by atoms with E-state index in [0.29, 0.717) is 11.9 Å². The number of rotatable bonds is 3. The van der Waals surface area contributed by atoms with E-state index in [0.717, 1.165) is 16.5 Å². The zero-order chi connectivity index (χ0) is 10.4. The maximum atomic E-state index is 6.00. The van der Waals surface area contributed by atoms with Crippen molar-refractivity contribution < 1.29 is 0 Å². The minimum absolute atomic E-state index is 0.518. The van der Waals surface area contributed by atoms with Crippen molar-refractivity contribution in [1.29, 1.82) is 0 Å². The minimum Gasteiger partial charge on any atom is -0.355 e. The third-order valence-electron chi connectivity index (χ3n) is 2.90. The molecule has 0 atom stereocenters. The fraction of sp³-hybridized carbons (Fsp3) is 0.500. The second-order valence-electron chi connectivity index (χ2n) is 3.91. The highest BCUT2D eigenvalue weighted by atomic mass is 35.5. The number of fused-ring (bicyclic) bond motifs is 1. The number of hydrogen-bond donors (Lipinski definition) is 0. The Balaban J connectivity index is 2.11. The van der Waals surface area contributed by atoms with Gasteiger partial charge in [-0.05, 0) is 12.8 Å². The van der Waals surface area contributed by atoms with Gasteiger partial charge in [0.05, 0.1) is 11.6 Å². The van der Waals surface area contributed by atoms with E-state index in [1.54, 1.807) is 11.3 Å². The van der Waals surface area contributed by atoms with E-state index >= 15 is 0 Å². The van der Waals surface area contributed by atoms with Crippen molar-refractivity contribution in [3.63, 3.8) is 0 Å². The molecule has 2 aromatic rings. The number of nitrogens with zero attached hydrogens (tertiary/aromatic N) is 3. The van der Waals surface area contributed by atoms with Gasteiger partial charge in [-0.1, -0.05) is 0 Å². The van der Waals surface area contributed by atoms with Gasteiger partial charge in [-0.2, -0.15) is 0 Å². The summed E-state index contributed by atoms with van der Waals surface area (Å²) in [6, 6.07) is 0.677. The van der Waals surface area contributed by atoms with Crippen molar-refractivity contribution in [2.24, 2.45) is 0 Å². The maximum absolute atomic E-state index is 6.00. The van der Waals surface area contributed by atoms with Gasteiger partial charge in [0.25, 0.3) is 0 Å². The molecule has 0 spiro atoms. The lowest BCUT2D eigenvalue weighted by Gasteiger charge is -2.16. The van der Waals surface area contributed by atoms with Gasteiger partial charge in [-0.3, -0.25) is 4.40 Å². The van der Waals surface area contributed by atoms with Gasteiger partial charge in [0.1, 0.15) is 0 Å². The average molecular weight is 242 g/mol. The van der Waals surface area contributed by atoms with E-state index in [2.05, 4.69) is 21.3 Å². The number of halogens is 1. The maximum Gasteiger partial charge on any atom is 0.195 e. The third kappa shape index (κ3) is 1.43. The predicted molar refractivity (Wildman–Crippen MR) is 64.1 cm³/mol. The van der Waals surface area contributed by atoms with Crippen LogP contribution in [0.25, 0.3) is 4.96 Å². The molecule has 0 N–H and O–H groups in total. The first-order valence-corrected chi connectivity index (χ1v) is 6.46. The van der Waals surface area contributed by atoms with E-state index in [-0.39, 0.29) is 0 Å². The smallest absolute Gasteiger partial charge is 0.195 e. The molecule has 3 rings (SSSR count). The minimum atomic E-state index is 0.518. The highest BCUT2D eigenvalue weighted by molar-refractivity contribution is 7.15. The molecule has 2 heterocycles. The van der Waals surface area contributed by atoms with Gasteiger partial charge < -0.3 is 4.90 Å². The summed E-state index contributed by atoms with van der Waals surface area (Å²) in [5, 5.41) is 2.04. The Morgan fingerprint density at radius 2 is 2.47 bits per heavy atom. The first kappa shape index (κ1) is 9.48. The lowest BCUT2D eigenvalue weighted by atomic mass is 10.4. The monoisotopic (exact) mass is 241 g/mol. The molecule has 0 unspecified atom stereocenters. The topological polar surface area (TPSA) is 20.5 Å². The molecular weight excluding hydrogens is 230 g/mol. The van der Waals surface area contributed by atoms with Crippen LogP contribution in [0.5, 0.6) is 0 Å². The molecule has 1 fully saturated rings. The molecule has 0 radical (unpaired) electrons. The number of imidazole rings is 1. The molecule has 0 aromatic carbocycles. The van der Waals surface area contributed by atoms with Gasteiger partial charge in [0, 0.05) is 24.7 Å². The number of aromatic nitrogens is 2. The summed E-state index contributed by atoms with van der Waals surface area (Å²) in [5.41, 5.74) is 1.11. The summed E-state index contributed by atoms with van der Waals surface area (Å²) >= 11 is 7.65. The van der Waals surface area contributed by atoms with Crippen LogP contribution in [-0.2, 0) is 5.88 Å². The first-order valence-electron chi connectivity index (χ1n) is 5.04.